The van der Waals surface area contributed by atoms with Crippen LogP contribution in [0.5, 0.6) is 0 Å². The third-order valence-electron chi connectivity index (χ3n) is 2.99. The first-order valence-corrected chi connectivity index (χ1v) is 7.53. The Balaban J connectivity index is 1.99. The lowest BCUT2D eigenvalue weighted by molar-refractivity contribution is 0.103. The van der Waals surface area contributed by atoms with Gasteiger partial charge < -0.3 is 10.1 Å². The van der Waals surface area contributed by atoms with E-state index in [0.717, 1.165) is 5.56 Å². The quantitative estimate of drug-likeness (QED) is 0.796. The Morgan fingerprint density at radius 3 is 2.72 bits per heavy atom. The molecule has 2 atom stereocenters. The first-order chi connectivity index (χ1) is 8.61. The van der Waals surface area contributed by atoms with E-state index in [1.54, 1.807) is 19.2 Å². The standard InChI is InChI=1S/C12H18N2O3S/c1-17-12-8-13-7-11(12)14-18(15,16)9-10-5-3-2-4-6-10/h2-6,11-14H,7-9H2,1H3/t11?,12-/m0/s1. The molecule has 1 fully saturated rings. The molecular formula is C12H18N2O3S. The van der Waals surface area contributed by atoms with Crippen LogP contribution < -0.4 is 10.0 Å². The molecule has 0 saturated carbocycles. The first-order valence-electron chi connectivity index (χ1n) is 5.88. The minimum Gasteiger partial charge on any atom is -0.378 e. The van der Waals surface area contributed by atoms with Gasteiger partial charge in [0.1, 0.15) is 0 Å². The number of benzene rings is 1. The highest BCUT2D eigenvalue weighted by atomic mass is 32.2. The highest BCUT2D eigenvalue weighted by Crippen LogP contribution is 2.09. The van der Waals surface area contributed by atoms with E-state index in [9.17, 15) is 8.42 Å². The van der Waals surface area contributed by atoms with E-state index in [0.29, 0.717) is 13.1 Å². The lowest BCUT2D eigenvalue weighted by atomic mass is 10.2. The molecule has 18 heavy (non-hydrogen) atoms. The molecule has 100 valence electrons. The van der Waals surface area contributed by atoms with Gasteiger partial charge in [-0.3, -0.25) is 0 Å². The summed E-state index contributed by atoms with van der Waals surface area (Å²) in [6.07, 6.45) is -0.101. The van der Waals surface area contributed by atoms with Crippen LogP contribution >= 0.6 is 0 Å². The second-order valence-corrected chi connectivity index (χ2v) is 6.16. The highest BCUT2D eigenvalue weighted by Gasteiger charge is 2.30. The maximum atomic E-state index is 12.0. The average Bonchev–Trinajstić information content (AvgIpc) is 2.76. The first kappa shape index (κ1) is 13.5. The van der Waals surface area contributed by atoms with Gasteiger partial charge in [0.25, 0.3) is 0 Å². The fraction of sp³-hybridized carbons (Fsp3) is 0.500. The van der Waals surface area contributed by atoms with Gasteiger partial charge in [-0.15, -0.1) is 0 Å². The van der Waals surface area contributed by atoms with Crippen molar-refractivity contribution in [3.8, 4) is 0 Å². The second kappa shape index (κ2) is 5.79. The smallest absolute Gasteiger partial charge is 0.216 e. The zero-order valence-corrected chi connectivity index (χ0v) is 11.1. The van der Waals surface area contributed by atoms with Crippen LogP contribution in [0.4, 0.5) is 0 Å². The summed E-state index contributed by atoms with van der Waals surface area (Å²) >= 11 is 0. The summed E-state index contributed by atoms with van der Waals surface area (Å²) in [6, 6.07) is 8.95. The van der Waals surface area contributed by atoms with Crippen molar-refractivity contribution >= 4 is 10.0 Å². The van der Waals surface area contributed by atoms with Crippen molar-refractivity contribution in [2.24, 2.45) is 0 Å². The maximum Gasteiger partial charge on any atom is 0.216 e. The number of rotatable bonds is 5. The number of hydrogen-bond acceptors (Lipinski definition) is 4. The summed E-state index contributed by atoms with van der Waals surface area (Å²) in [5.74, 6) is 0.000768. The number of methoxy groups -OCH3 is 1. The topological polar surface area (TPSA) is 67.4 Å². The number of sulfonamides is 1. The van der Waals surface area contributed by atoms with Gasteiger partial charge in [-0.2, -0.15) is 0 Å². The summed E-state index contributed by atoms with van der Waals surface area (Å²) in [5.41, 5.74) is 0.782. The Morgan fingerprint density at radius 1 is 1.33 bits per heavy atom. The van der Waals surface area contributed by atoms with Gasteiger partial charge in [0.15, 0.2) is 0 Å². The van der Waals surface area contributed by atoms with Gasteiger partial charge in [-0.05, 0) is 5.56 Å². The van der Waals surface area contributed by atoms with E-state index in [1.807, 2.05) is 18.2 Å². The molecule has 1 aromatic carbocycles. The van der Waals surface area contributed by atoms with Crippen LogP contribution in [0.2, 0.25) is 0 Å². The maximum absolute atomic E-state index is 12.0. The molecule has 1 aliphatic rings. The minimum atomic E-state index is -3.33. The largest absolute Gasteiger partial charge is 0.378 e. The molecule has 1 heterocycles. The zero-order chi connectivity index (χ0) is 13.0. The molecule has 1 aromatic rings. The van der Waals surface area contributed by atoms with E-state index in [1.165, 1.54) is 0 Å². The van der Waals surface area contributed by atoms with Crippen LogP contribution in [0.3, 0.4) is 0 Å². The van der Waals surface area contributed by atoms with E-state index in [4.69, 9.17) is 4.74 Å². The summed E-state index contributed by atoms with van der Waals surface area (Å²) in [6.45, 7) is 1.28. The van der Waals surface area contributed by atoms with Gasteiger partial charge in [0, 0.05) is 20.2 Å². The van der Waals surface area contributed by atoms with Gasteiger partial charge in [-0.25, -0.2) is 13.1 Å². The Hall–Kier alpha value is -0.950. The van der Waals surface area contributed by atoms with Gasteiger partial charge in [0.2, 0.25) is 10.0 Å². The minimum absolute atomic E-state index is 0.000768. The Kier molecular flexibility index (Phi) is 4.34. The molecule has 1 aliphatic heterocycles. The molecular weight excluding hydrogens is 252 g/mol. The van der Waals surface area contributed by atoms with Crippen LogP contribution in [0.15, 0.2) is 30.3 Å². The summed E-state index contributed by atoms with van der Waals surface area (Å²) in [5, 5.41) is 3.11. The van der Waals surface area contributed by atoms with E-state index >= 15 is 0 Å². The molecule has 0 spiro atoms. The highest BCUT2D eigenvalue weighted by molar-refractivity contribution is 7.88. The van der Waals surface area contributed by atoms with Crippen molar-refractivity contribution < 1.29 is 13.2 Å². The Morgan fingerprint density at radius 2 is 2.06 bits per heavy atom. The van der Waals surface area contributed by atoms with E-state index < -0.39 is 10.0 Å². The normalized spacial score (nSPS) is 24.3. The monoisotopic (exact) mass is 270 g/mol. The Labute approximate surface area is 108 Å². The summed E-state index contributed by atoms with van der Waals surface area (Å²) < 4.78 is 32.0. The molecule has 0 radical (unpaired) electrons. The van der Waals surface area contributed by atoms with Crippen LogP contribution in [-0.4, -0.2) is 40.8 Å². The van der Waals surface area contributed by atoms with E-state index in [-0.39, 0.29) is 17.9 Å². The van der Waals surface area contributed by atoms with Crippen molar-refractivity contribution in [1.29, 1.82) is 0 Å². The molecule has 0 bridgehead atoms. The molecule has 6 heteroatoms. The molecule has 2 N–H and O–H groups in total. The molecule has 1 unspecified atom stereocenters. The lowest BCUT2D eigenvalue weighted by Gasteiger charge is -2.18. The summed E-state index contributed by atoms with van der Waals surface area (Å²) in [7, 11) is -1.74. The third kappa shape index (κ3) is 3.52. The summed E-state index contributed by atoms with van der Waals surface area (Å²) in [4.78, 5) is 0. The van der Waals surface area contributed by atoms with Crippen LogP contribution in [0.1, 0.15) is 5.56 Å². The SMILES string of the molecule is CO[C@H]1CNCC1NS(=O)(=O)Cc1ccccc1. The lowest BCUT2D eigenvalue weighted by Crippen LogP contribution is -2.43. The third-order valence-corrected chi connectivity index (χ3v) is 4.37. The zero-order valence-electron chi connectivity index (χ0n) is 10.3. The van der Waals surface area contributed by atoms with Gasteiger partial charge in [0.05, 0.1) is 17.9 Å². The molecule has 2 rings (SSSR count). The van der Waals surface area contributed by atoms with Crippen LogP contribution in [0, 0.1) is 0 Å². The number of hydrogen-bond donors (Lipinski definition) is 2. The second-order valence-electron chi connectivity index (χ2n) is 4.40. The van der Waals surface area contributed by atoms with E-state index in [2.05, 4.69) is 10.0 Å². The molecule has 1 saturated heterocycles. The fourth-order valence-corrected chi connectivity index (χ4v) is 3.50. The van der Waals surface area contributed by atoms with Crippen molar-refractivity contribution in [2.75, 3.05) is 20.2 Å². The van der Waals surface area contributed by atoms with Crippen molar-refractivity contribution in [3.63, 3.8) is 0 Å². The molecule has 0 amide bonds. The number of ether oxygens (including phenoxy) is 1. The van der Waals surface area contributed by atoms with Crippen molar-refractivity contribution in [1.82, 2.24) is 10.0 Å². The molecule has 5 nitrogen and oxygen atoms in total. The molecule has 0 aromatic heterocycles. The fourth-order valence-electron chi connectivity index (χ4n) is 2.09. The molecule has 0 aliphatic carbocycles. The van der Waals surface area contributed by atoms with Gasteiger partial charge >= 0.3 is 0 Å². The van der Waals surface area contributed by atoms with Gasteiger partial charge in [-0.1, -0.05) is 30.3 Å². The average molecular weight is 270 g/mol. The van der Waals surface area contributed by atoms with Crippen molar-refractivity contribution in [3.05, 3.63) is 35.9 Å². The Bertz CT molecular complexity index is 475. The predicted octanol–water partition coefficient (Wildman–Crippen LogP) is 0.0928. The number of nitrogens with one attached hydrogen (secondary N) is 2. The van der Waals surface area contributed by atoms with Crippen LogP contribution in [-0.2, 0) is 20.5 Å². The predicted molar refractivity (Wildman–Crippen MR) is 69.7 cm³/mol. The van der Waals surface area contributed by atoms with Crippen molar-refractivity contribution in [2.45, 2.75) is 17.9 Å². The van der Waals surface area contributed by atoms with Crippen LogP contribution in [0.25, 0.3) is 0 Å².